The predicted octanol–water partition coefficient (Wildman–Crippen LogP) is 6.65. The molecule has 39 heavy (non-hydrogen) atoms. The van der Waals surface area contributed by atoms with E-state index in [0.29, 0.717) is 5.82 Å². The summed E-state index contributed by atoms with van der Waals surface area (Å²) in [5.41, 5.74) is 7.91. The summed E-state index contributed by atoms with van der Waals surface area (Å²) < 4.78 is 13.9. The lowest BCUT2D eigenvalue weighted by Gasteiger charge is -2.11. The van der Waals surface area contributed by atoms with E-state index in [1.165, 1.54) is 43.4 Å². The average Bonchev–Trinajstić information content (AvgIpc) is 3.72. The summed E-state index contributed by atoms with van der Waals surface area (Å²) in [5.74, 6) is 1.14. The molecule has 194 valence electrons. The Morgan fingerprint density at radius 2 is 1.77 bits per heavy atom. The molecule has 0 atom stereocenters. The van der Waals surface area contributed by atoms with Crippen molar-refractivity contribution < 1.29 is 4.39 Å². The van der Waals surface area contributed by atoms with Gasteiger partial charge in [-0.25, -0.2) is 9.37 Å². The van der Waals surface area contributed by atoms with Gasteiger partial charge in [-0.1, -0.05) is 31.0 Å². The van der Waals surface area contributed by atoms with E-state index in [0.717, 1.165) is 68.9 Å². The van der Waals surface area contributed by atoms with Crippen molar-refractivity contribution in [2.75, 3.05) is 6.54 Å². The van der Waals surface area contributed by atoms with Crippen LogP contribution >= 0.6 is 0 Å². The highest BCUT2D eigenvalue weighted by molar-refractivity contribution is 5.98. The SMILES string of the molecule is Fc1cccc(-c2cncc3[nH]c(-c4n[nH]c5ccc(-c6cncc(CNCC7CCCC7)c6)cc45)nc23)c1. The Labute approximate surface area is 224 Å². The van der Waals surface area contributed by atoms with Crippen LogP contribution in [-0.2, 0) is 6.54 Å². The normalized spacial score (nSPS) is 14.1. The zero-order valence-corrected chi connectivity index (χ0v) is 21.4. The molecular formula is C31H28FN7. The van der Waals surface area contributed by atoms with E-state index in [-0.39, 0.29) is 5.82 Å². The molecule has 4 heterocycles. The van der Waals surface area contributed by atoms with Crippen molar-refractivity contribution in [2.45, 2.75) is 32.2 Å². The number of imidazole rings is 1. The zero-order valence-electron chi connectivity index (χ0n) is 21.4. The first-order valence-corrected chi connectivity index (χ1v) is 13.4. The molecule has 0 bridgehead atoms. The van der Waals surface area contributed by atoms with Crippen LogP contribution in [0.2, 0.25) is 0 Å². The van der Waals surface area contributed by atoms with Crippen molar-refractivity contribution in [3.05, 3.63) is 84.7 Å². The molecule has 0 saturated heterocycles. The Balaban J connectivity index is 1.20. The molecule has 3 N–H and O–H groups in total. The number of aromatic amines is 2. The first-order chi connectivity index (χ1) is 19.2. The summed E-state index contributed by atoms with van der Waals surface area (Å²) in [7, 11) is 0. The molecule has 1 aliphatic rings. The number of fused-ring (bicyclic) bond motifs is 2. The van der Waals surface area contributed by atoms with Crippen LogP contribution < -0.4 is 5.32 Å². The monoisotopic (exact) mass is 517 g/mol. The minimum Gasteiger partial charge on any atom is -0.335 e. The highest BCUT2D eigenvalue weighted by atomic mass is 19.1. The molecule has 1 saturated carbocycles. The number of benzene rings is 2. The van der Waals surface area contributed by atoms with Crippen LogP contribution in [0.4, 0.5) is 4.39 Å². The first kappa shape index (κ1) is 23.7. The maximum Gasteiger partial charge on any atom is 0.159 e. The number of nitrogens with zero attached hydrogens (tertiary/aromatic N) is 4. The highest BCUT2D eigenvalue weighted by Crippen LogP contribution is 2.33. The van der Waals surface area contributed by atoms with Crippen LogP contribution in [0.5, 0.6) is 0 Å². The third-order valence-electron chi connectivity index (χ3n) is 7.68. The Morgan fingerprint density at radius 3 is 2.67 bits per heavy atom. The number of aromatic nitrogens is 6. The molecule has 8 heteroatoms. The van der Waals surface area contributed by atoms with Crippen LogP contribution in [0.1, 0.15) is 31.2 Å². The molecule has 0 spiro atoms. The minimum absolute atomic E-state index is 0.297. The largest absolute Gasteiger partial charge is 0.335 e. The molecule has 6 aromatic rings. The average molecular weight is 518 g/mol. The van der Waals surface area contributed by atoms with Crippen LogP contribution in [-0.4, -0.2) is 36.7 Å². The minimum atomic E-state index is -0.297. The van der Waals surface area contributed by atoms with Gasteiger partial charge in [0.25, 0.3) is 0 Å². The number of hydrogen-bond acceptors (Lipinski definition) is 5. The molecule has 0 aliphatic heterocycles. The van der Waals surface area contributed by atoms with Gasteiger partial charge in [-0.15, -0.1) is 0 Å². The van der Waals surface area contributed by atoms with Gasteiger partial charge in [0, 0.05) is 41.6 Å². The number of nitrogens with one attached hydrogen (secondary N) is 3. The predicted molar refractivity (Wildman–Crippen MR) is 151 cm³/mol. The molecule has 7 rings (SSSR count). The summed E-state index contributed by atoms with van der Waals surface area (Å²) >= 11 is 0. The Kier molecular flexibility index (Phi) is 6.09. The molecule has 1 fully saturated rings. The fourth-order valence-electron chi connectivity index (χ4n) is 5.66. The quantitative estimate of drug-likeness (QED) is 0.220. The first-order valence-electron chi connectivity index (χ1n) is 13.4. The van der Waals surface area contributed by atoms with E-state index in [9.17, 15) is 4.39 Å². The van der Waals surface area contributed by atoms with Gasteiger partial charge in [0.15, 0.2) is 5.82 Å². The summed E-state index contributed by atoms with van der Waals surface area (Å²) in [4.78, 5) is 17.1. The third kappa shape index (κ3) is 4.68. The van der Waals surface area contributed by atoms with Gasteiger partial charge < -0.3 is 10.3 Å². The standard InChI is InChI=1S/C31H28FN7/c32-24-7-3-6-22(11-24)26-17-35-18-28-29(26)37-31(36-28)30-25-12-21(8-9-27(25)38-39-30)23-10-20(15-34-16-23)14-33-13-19-4-1-2-5-19/h3,6-12,15-19,33H,1-2,4-5,13-14H2,(H,36,37)(H,38,39). The third-order valence-corrected chi connectivity index (χ3v) is 7.68. The lowest BCUT2D eigenvalue weighted by atomic mass is 10.0. The van der Waals surface area contributed by atoms with Crippen molar-refractivity contribution in [3.63, 3.8) is 0 Å². The van der Waals surface area contributed by atoms with Gasteiger partial charge in [0.2, 0.25) is 0 Å². The van der Waals surface area contributed by atoms with Crippen molar-refractivity contribution in [2.24, 2.45) is 5.92 Å². The van der Waals surface area contributed by atoms with Crippen LogP contribution in [0, 0.1) is 11.7 Å². The second-order valence-corrected chi connectivity index (χ2v) is 10.4. The Hall–Kier alpha value is -4.43. The van der Waals surface area contributed by atoms with Gasteiger partial charge in [-0.3, -0.25) is 15.1 Å². The number of rotatable bonds is 7. The van der Waals surface area contributed by atoms with Crippen molar-refractivity contribution in [1.29, 1.82) is 0 Å². The molecule has 4 aromatic heterocycles. The lowest BCUT2D eigenvalue weighted by Crippen LogP contribution is -2.20. The molecule has 0 unspecified atom stereocenters. The number of H-pyrrole nitrogens is 2. The molecule has 0 amide bonds. The van der Waals surface area contributed by atoms with E-state index in [4.69, 9.17) is 4.98 Å². The van der Waals surface area contributed by atoms with Gasteiger partial charge in [0.1, 0.15) is 11.5 Å². The van der Waals surface area contributed by atoms with E-state index in [2.05, 4.69) is 48.7 Å². The van der Waals surface area contributed by atoms with E-state index >= 15 is 0 Å². The smallest absolute Gasteiger partial charge is 0.159 e. The number of pyridine rings is 2. The van der Waals surface area contributed by atoms with Gasteiger partial charge in [0.05, 0.1) is 22.7 Å². The van der Waals surface area contributed by atoms with Crippen molar-refractivity contribution in [1.82, 2.24) is 35.5 Å². The maximum absolute atomic E-state index is 13.9. The van der Waals surface area contributed by atoms with E-state index in [1.54, 1.807) is 18.5 Å². The number of halogens is 1. The van der Waals surface area contributed by atoms with Gasteiger partial charge >= 0.3 is 0 Å². The maximum atomic E-state index is 13.9. The topological polar surface area (TPSA) is 95.2 Å². The van der Waals surface area contributed by atoms with Crippen LogP contribution in [0.25, 0.3) is 55.7 Å². The second kappa shape index (κ2) is 10.0. The summed E-state index contributed by atoms with van der Waals surface area (Å²) in [6.45, 7) is 1.89. The van der Waals surface area contributed by atoms with Gasteiger partial charge in [-0.2, -0.15) is 5.10 Å². The highest BCUT2D eigenvalue weighted by Gasteiger charge is 2.17. The summed E-state index contributed by atoms with van der Waals surface area (Å²) in [6.07, 6.45) is 12.7. The van der Waals surface area contributed by atoms with Crippen LogP contribution in [0.3, 0.4) is 0 Å². The summed E-state index contributed by atoms with van der Waals surface area (Å²) in [5, 5.41) is 12.3. The Bertz CT molecular complexity index is 1780. The van der Waals surface area contributed by atoms with Crippen molar-refractivity contribution in [3.8, 4) is 33.8 Å². The second-order valence-electron chi connectivity index (χ2n) is 10.4. The lowest BCUT2D eigenvalue weighted by molar-refractivity contribution is 0.489. The van der Waals surface area contributed by atoms with Crippen LogP contribution in [0.15, 0.2) is 73.3 Å². The van der Waals surface area contributed by atoms with Gasteiger partial charge in [-0.05, 0) is 72.3 Å². The van der Waals surface area contributed by atoms with E-state index < -0.39 is 0 Å². The molecule has 1 aliphatic carbocycles. The molecule has 0 radical (unpaired) electrons. The molecule has 7 nitrogen and oxygen atoms in total. The van der Waals surface area contributed by atoms with Crippen molar-refractivity contribution >= 4 is 21.9 Å². The zero-order chi connectivity index (χ0) is 26.2. The molecular weight excluding hydrogens is 489 g/mol. The number of hydrogen-bond donors (Lipinski definition) is 3. The van der Waals surface area contributed by atoms with E-state index in [1.807, 2.05) is 24.5 Å². The molecule has 2 aromatic carbocycles. The Morgan fingerprint density at radius 1 is 0.872 bits per heavy atom. The summed E-state index contributed by atoms with van der Waals surface area (Å²) in [6, 6.07) is 14.9. The fraction of sp³-hybridized carbons (Fsp3) is 0.226. The fourth-order valence-corrected chi connectivity index (χ4v) is 5.66.